The van der Waals surface area contributed by atoms with Crippen LogP contribution in [0.15, 0.2) is 42.5 Å². The van der Waals surface area contributed by atoms with Crippen molar-refractivity contribution in [1.82, 2.24) is 5.32 Å². The fourth-order valence-electron chi connectivity index (χ4n) is 1.53. The molecule has 0 aliphatic carbocycles. The molecule has 0 aliphatic rings. The molecule has 0 atom stereocenters. The Morgan fingerprint density at radius 1 is 1.13 bits per heavy atom. The first-order valence-corrected chi connectivity index (χ1v) is 5.15. The van der Waals surface area contributed by atoms with Crippen molar-refractivity contribution in [2.45, 2.75) is 6.54 Å². The van der Waals surface area contributed by atoms with E-state index in [0.29, 0.717) is 6.54 Å². The summed E-state index contributed by atoms with van der Waals surface area (Å²) in [4.78, 5) is 10.6. The molecule has 0 saturated heterocycles. The molecule has 0 saturated carbocycles. The molecule has 0 aliphatic heterocycles. The first-order chi connectivity index (χ1) is 7.25. The SMILES string of the molecule is O=C(S)NCc1ccc2ccccc2c1. The summed E-state index contributed by atoms with van der Waals surface area (Å²) >= 11 is 3.65. The lowest BCUT2D eigenvalue weighted by Crippen LogP contribution is -2.15. The second-order valence-electron chi connectivity index (χ2n) is 3.34. The van der Waals surface area contributed by atoms with Gasteiger partial charge in [-0.3, -0.25) is 4.79 Å². The fraction of sp³-hybridized carbons (Fsp3) is 0.0833. The van der Waals surface area contributed by atoms with E-state index < -0.39 is 0 Å². The van der Waals surface area contributed by atoms with E-state index in [9.17, 15) is 4.79 Å². The third kappa shape index (κ3) is 2.50. The lowest BCUT2D eigenvalue weighted by Gasteiger charge is -2.03. The summed E-state index contributed by atoms with van der Waals surface area (Å²) in [6.45, 7) is 0.521. The molecule has 3 heteroatoms. The van der Waals surface area contributed by atoms with Crippen molar-refractivity contribution in [3.05, 3.63) is 48.0 Å². The number of fused-ring (bicyclic) bond motifs is 1. The Morgan fingerprint density at radius 2 is 1.87 bits per heavy atom. The second kappa shape index (κ2) is 4.36. The smallest absolute Gasteiger partial charge is 0.276 e. The Bertz CT molecular complexity index is 496. The zero-order valence-corrected chi connectivity index (χ0v) is 9.00. The molecule has 0 bridgehead atoms. The maximum Gasteiger partial charge on any atom is 0.276 e. The summed E-state index contributed by atoms with van der Waals surface area (Å²) < 4.78 is 0. The Balaban J connectivity index is 2.26. The van der Waals surface area contributed by atoms with Gasteiger partial charge in [0.2, 0.25) is 0 Å². The van der Waals surface area contributed by atoms with Gasteiger partial charge in [0.25, 0.3) is 5.24 Å². The average Bonchev–Trinajstić information content (AvgIpc) is 2.26. The van der Waals surface area contributed by atoms with E-state index in [1.165, 1.54) is 10.8 Å². The number of amides is 1. The topological polar surface area (TPSA) is 29.1 Å². The van der Waals surface area contributed by atoms with Crippen molar-refractivity contribution in [2.24, 2.45) is 0 Å². The van der Waals surface area contributed by atoms with Crippen molar-refractivity contribution < 1.29 is 4.79 Å². The van der Waals surface area contributed by atoms with Crippen LogP contribution in [0.4, 0.5) is 4.79 Å². The monoisotopic (exact) mass is 217 g/mol. The number of hydrogen-bond donors (Lipinski definition) is 2. The highest BCUT2D eigenvalue weighted by molar-refractivity contribution is 7.96. The van der Waals surface area contributed by atoms with Gasteiger partial charge in [0.1, 0.15) is 0 Å². The van der Waals surface area contributed by atoms with Gasteiger partial charge in [-0.05, 0) is 22.4 Å². The van der Waals surface area contributed by atoms with Gasteiger partial charge in [-0.15, -0.1) is 0 Å². The van der Waals surface area contributed by atoms with Crippen LogP contribution >= 0.6 is 12.6 Å². The molecule has 2 aromatic carbocycles. The molecule has 0 fully saturated rings. The number of hydrogen-bond acceptors (Lipinski definition) is 1. The van der Waals surface area contributed by atoms with E-state index in [1.807, 2.05) is 18.2 Å². The van der Waals surface area contributed by atoms with Crippen molar-refractivity contribution in [3.8, 4) is 0 Å². The van der Waals surface area contributed by atoms with Crippen LogP contribution in [0.3, 0.4) is 0 Å². The lowest BCUT2D eigenvalue weighted by atomic mass is 10.1. The van der Waals surface area contributed by atoms with Gasteiger partial charge in [-0.25, -0.2) is 0 Å². The highest BCUT2D eigenvalue weighted by atomic mass is 32.1. The lowest BCUT2D eigenvalue weighted by molar-refractivity contribution is 0.260. The molecule has 0 unspecified atom stereocenters. The second-order valence-corrected chi connectivity index (χ2v) is 3.75. The summed E-state index contributed by atoms with van der Waals surface area (Å²) in [5.74, 6) is 0. The van der Waals surface area contributed by atoms with Gasteiger partial charge in [-0.2, -0.15) is 0 Å². The quantitative estimate of drug-likeness (QED) is 0.744. The van der Waals surface area contributed by atoms with Crippen LogP contribution in [0, 0.1) is 0 Å². The Morgan fingerprint density at radius 3 is 2.60 bits per heavy atom. The van der Waals surface area contributed by atoms with E-state index in [-0.39, 0.29) is 5.24 Å². The maximum absolute atomic E-state index is 10.6. The third-order valence-electron chi connectivity index (χ3n) is 2.26. The van der Waals surface area contributed by atoms with Crippen LogP contribution in [0.25, 0.3) is 10.8 Å². The zero-order chi connectivity index (χ0) is 10.7. The minimum absolute atomic E-state index is 0.303. The first-order valence-electron chi connectivity index (χ1n) is 4.70. The molecule has 2 aromatic rings. The predicted octanol–water partition coefficient (Wildman–Crippen LogP) is 2.98. The van der Waals surface area contributed by atoms with Crippen LogP contribution < -0.4 is 5.32 Å². The molecular weight excluding hydrogens is 206 g/mol. The van der Waals surface area contributed by atoms with Crippen molar-refractivity contribution in [3.63, 3.8) is 0 Å². The summed E-state index contributed by atoms with van der Waals surface area (Å²) in [5, 5.41) is 4.74. The summed E-state index contributed by atoms with van der Waals surface area (Å²) in [6, 6.07) is 14.3. The predicted molar refractivity (Wildman–Crippen MR) is 65.2 cm³/mol. The largest absolute Gasteiger partial charge is 0.343 e. The average molecular weight is 217 g/mol. The molecule has 0 spiro atoms. The number of thiol groups is 1. The fourth-order valence-corrected chi connectivity index (χ4v) is 1.61. The number of carbonyl (C=O) groups is 1. The number of carbonyl (C=O) groups excluding carboxylic acids is 1. The molecule has 15 heavy (non-hydrogen) atoms. The molecular formula is C12H11NOS. The summed E-state index contributed by atoms with van der Waals surface area (Å²) in [5.41, 5.74) is 1.08. The van der Waals surface area contributed by atoms with Gasteiger partial charge in [0.05, 0.1) is 0 Å². The van der Waals surface area contributed by atoms with Crippen LogP contribution in [0.2, 0.25) is 0 Å². The van der Waals surface area contributed by atoms with E-state index in [2.05, 4.69) is 42.2 Å². The van der Waals surface area contributed by atoms with Gasteiger partial charge in [-0.1, -0.05) is 49.0 Å². The molecule has 2 rings (SSSR count). The standard InChI is InChI=1S/C12H11NOS/c14-12(15)13-8-9-5-6-10-3-1-2-4-11(10)7-9/h1-7H,8H2,(H2,13,14,15). The van der Waals surface area contributed by atoms with Crippen molar-refractivity contribution in [1.29, 1.82) is 0 Å². The third-order valence-corrected chi connectivity index (χ3v) is 2.42. The van der Waals surface area contributed by atoms with Crippen molar-refractivity contribution >= 4 is 28.6 Å². The van der Waals surface area contributed by atoms with E-state index in [4.69, 9.17) is 0 Å². The Kier molecular flexibility index (Phi) is 2.92. The molecule has 1 N–H and O–H groups in total. The van der Waals surface area contributed by atoms with E-state index in [0.717, 1.165) is 5.56 Å². The minimum Gasteiger partial charge on any atom is -0.343 e. The van der Waals surface area contributed by atoms with Gasteiger partial charge in [0, 0.05) is 6.54 Å². The summed E-state index contributed by atoms with van der Waals surface area (Å²) in [6.07, 6.45) is 0. The Labute approximate surface area is 93.7 Å². The van der Waals surface area contributed by atoms with Gasteiger partial charge < -0.3 is 5.32 Å². The maximum atomic E-state index is 10.6. The van der Waals surface area contributed by atoms with Gasteiger partial charge >= 0.3 is 0 Å². The normalized spacial score (nSPS) is 10.2. The minimum atomic E-state index is -0.303. The number of nitrogens with one attached hydrogen (secondary N) is 1. The van der Waals surface area contributed by atoms with E-state index in [1.54, 1.807) is 0 Å². The highest BCUT2D eigenvalue weighted by Gasteiger charge is 1.97. The molecule has 0 radical (unpaired) electrons. The van der Waals surface area contributed by atoms with E-state index >= 15 is 0 Å². The first kappa shape index (κ1) is 10.1. The van der Waals surface area contributed by atoms with Crippen LogP contribution in [-0.2, 0) is 6.54 Å². The molecule has 0 aromatic heterocycles. The van der Waals surface area contributed by atoms with Crippen LogP contribution in [-0.4, -0.2) is 5.24 Å². The summed E-state index contributed by atoms with van der Waals surface area (Å²) in [7, 11) is 0. The number of benzene rings is 2. The molecule has 76 valence electrons. The van der Waals surface area contributed by atoms with Gasteiger partial charge in [0.15, 0.2) is 0 Å². The highest BCUT2D eigenvalue weighted by Crippen LogP contribution is 2.15. The van der Waals surface area contributed by atoms with Crippen molar-refractivity contribution in [2.75, 3.05) is 0 Å². The Hall–Kier alpha value is -1.48. The molecule has 0 heterocycles. The molecule has 1 amide bonds. The van der Waals surface area contributed by atoms with Crippen LogP contribution in [0.5, 0.6) is 0 Å². The molecule has 2 nitrogen and oxygen atoms in total. The number of rotatable bonds is 2. The zero-order valence-electron chi connectivity index (χ0n) is 8.10. The van der Waals surface area contributed by atoms with Crippen LogP contribution in [0.1, 0.15) is 5.56 Å².